The molecular formula is C11H24N2. The second kappa shape index (κ2) is 3.97. The summed E-state index contributed by atoms with van der Waals surface area (Å²) in [5.74, 6) is 0.743. The minimum Gasteiger partial charge on any atom is -0.314 e. The minimum atomic E-state index is 0.317. The van der Waals surface area contributed by atoms with E-state index in [1.165, 1.54) is 6.54 Å². The number of piperazine rings is 1. The van der Waals surface area contributed by atoms with E-state index < -0.39 is 0 Å². The molecule has 1 saturated heterocycles. The molecule has 0 saturated carbocycles. The molecule has 1 aliphatic heterocycles. The Morgan fingerprint density at radius 1 is 1.31 bits per heavy atom. The number of hydrogen-bond acceptors (Lipinski definition) is 2. The van der Waals surface area contributed by atoms with Crippen molar-refractivity contribution in [1.29, 1.82) is 0 Å². The first-order valence-corrected chi connectivity index (χ1v) is 5.40. The monoisotopic (exact) mass is 184 g/mol. The molecule has 0 unspecified atom stereocenters. The molecule has 1 atom stereocenters. The quantitative estimate of drug-likeness (QED) is 0.667. The summed E-state index contributed by atoms with van der Waals surface area (Å²) >= 11 is 0. The van der Waals surface area contributed by atoms with Gasteiger partial charge in [0.05, 0.1) is 0 Å². The summed E-state index contributed by atoms with van der Waals surface area (Å²) in [6.45, 7) is 15.0. The van der Waals surface area contributed by atoms with E-state index in [1.54, 1.807) is 0 Å². The predicted octanol–water partition coefficient (Wildman–Crippen LogP) is 1.71. The minimum absolute atomic E-state index is 0.317. The maximum absolute atomic E-state index is 3.48. The molecule has 0 aromatic rings. The maximum atomic E-state index is 3.48. The summed E-state index contributed by atoms with van der Waals surface area (Å²) in [7, 11) is 0. The van der Waals surface area contributed by atoms with Gasteiger partial charge in [-0.25, -0.2) is 0 Å². The molecule has 0 bridgehead atoms. The molecule has 1 aliphatic rings. The van der Waals surface area contributed by atoms with Gasteiger partial charge in [0.2, 0.25) is 0 Å². The molecule has 0 aromatic heterocycles. The van der Waals surface area contributed by atoms with Crippen molar-refractivity contribution in [1.82, 2.24) is 10.2 Å². The van der Waals surface area contributed by atoms with Crippen LogP contribution < -0.4 is 5.32 Å². The van der Waals surface area contributed by atoms with Gasteiger partial charge in [-0.1, -0.05) is 13.8 Å². The SMILES string of the molecule is CC(C)[C@H]1CNCCN1C(C)(C)C. The molecule has 1 N–H and O–H groups in total. The molecule has 2 nitrogen and oxygen atoms in total. The van der Waals surface area contributed by atoms with Crippen LogP contribution in [0.15, 0.2) is 0 Å². The summed E-state index contributed by atoms with van der Waals surface area (Å²) < 4.78 is 0. The van der Waals surface area contributed by atoms with Gasteiger partial charge in [0.1, 0.15) is 0 Å². The largest absolute Gasteiger partial charge is 0.314 e. The molecule has 0 aliphatic carbocycles. The van der Waals surface area contributed by atoms with Gasteiger partial charge in [0, 0.05) is 31.2 Å². The summed E-state index contributed by atoms with van der Waals surface area (Å²) in [4.78, 5) is 2.63. The zero-order chi connectivity index (χ0) is 10.1. The topological polar surface area (TPSA) is 15.3 Å². The smallest absolute Gasteiger partial charge is 0.0249 e. The molecule has 0 amide bonds. The first kappa shape index (κ1) is 11.0. The van der Waals surface area contributed by atoms with E-state index in [1.807, 2.05) is 0 Å². The van der Waals surface area contributed by atoms with E-state index in [2.05, 4.69) is 44.8 Å². The van der Waals surface area contributed by atoms with Crippen LogP contribution in [0.1, 0.15) is 34.6 Å². The number of rotatable bonds is 1. The summed E-state index contributed by atoms with van der Waals surface area (Å²) in [6.07, 6.45) is 0. The van der Waals surface area contributed by atoms with Crippen LogP contribution in [-0.4, -0.2) is 36.1 Å². The van der Waals surface area contributed by atoms with E-state index in [-0.39, 0.29) is 0 Å². The second-order valence-corrected chi connectivity index (χ2v) is 5.38. The third-order valence-corrected chi connectivity index (χ3v) is 2.91. The van der Waals surface area contributed by atoms with E-state index in [9.17, 15) is 0 Å². The van der Waals surface area contributed by atoms with Crippen molar-refractivity contribution in [3.8, 4) is 0 Å². The van der Waals surface area contributed by atoms with Crippen LogP contribution in [0, 0.1) is 5.92 Å². The fourth-order valence-corrected chi connectivity index (χ4v) is 2.15. The first-order valence-electron chi connectivity index (χ1n) is 5.40. The Morgan fingerprint density at radius 3 is 2.31 bits per heavy atom. The molecule has 1 heterocycles. The van der Waals surface area contributed by atoms with Crippen LogP contribution in [0.5, 0.6) is 0 Å². The molecule has 13 heavy (non-hydrogen) atoms. The van der Waals surface area contributed by atoms with Gasteiger partial charge in [0.25, 0.3) is 0 Å². The van der Waals surface area contributed by atoms with Crippen molar-refractivity contribution in [2.24, 2.45) is 5.92 Å². The molecule has 0 spiro atoms. The van der Waals surface area contributed by atoms with Gasteiger partial charge in [-0.05, 0) is 26.7 Å². The average molecular weight is 184 g/mol. The van der Waals surface area contributed by atoms with Crippen LogP contribution in [0.25, 0.3) is 0 Å². The molecule has 1 fully saturated rings. The lowest BCUT2D eigenvalue weighted by Gasteiger charge is -2.46. The highest BCUT2D eigenvalue weighted by Crippen LogP contribution is 2.22. The summed E-state index contributed by atoms with van der Waals surface area (Å²) in [5.41, 5.74) is 0.317. The maximum Gasteiger partial charge on any atom is 0.0249 e. The van der Waals surface area contributed by atoms with Crippen molar-refractivity contribution < 1.29 is 0 Å². The van der Waals surface area contributed by atoms with Gasteiger partial charge in [-0.2, -0.15) is 0 Å². The standard InChI is InChI=1S/C11H24N2/c1-9(2)10-8-12-6-7-13(10)11(3,4)5/h9-10,12H,6-8H2,1-5H3/t10-/m1/s1. The highest BCUT2D eigenvalue weighted by atomic mass is 15.3. The van der Waals surface area contributed by atoms with Gasteiger partial charge in [-0.15, -0.1) is 0 Å². The van der Waals surface area contributed by atoms with E-state index in [0.717, 1.165) is 19.0 Å². The van der Waals surface area contributed by atoms with E-state index >= 15 is 0 Å². The third-order valence-electron chi connectivity index (χ3n) is 2.91. The lowest BCUT2D eigenvalue weighted by atomic mass is 9.94. The van der Waals surface area contributed by atoms with Crippen molar-refractivity contribution in [3.63, 3.8) is 0 Å². The van der Waals surface area contributed by atoms with Gasteiger partial charge < -0.3 is 5.32 Å². The molecule has 0 aromatic carbocycles. The van der Waals surface area contributed by atoms with Crippen molar-refractivity contribution in [2.75, 3.05) is 19.6 Å². The number of nitrogens with one attached hydrogen (secondary N) is 1. The number of hydrogen-bond donors (Lipinski definition) is 1. The van der Waals surface area contributed by atoms with Crippen molar-refractivity contribution >= 4 is 0 Å². The van der Waals surface area contributed by atoms with Crippen molar-refractivity contribution in [2.45, 2.75) is 46.2 Å². The Hall–Kier alpha value is -0.0800. The van der Waals surface area contributed by atoms with Crippen LogP contribution >= 0.6 is 0 Å². The Balaban J connectivity index is 2.67. The molecule has 78 valence electrons. The predicted molar refractivity (Wildman–Crippen MR) is 58.0 cm³/mol. The Kier molecular flexibility index (Phi) is 3.36. The zero-order valence-corrected chi connectivity index (χ0v) is 9.72. The summed E-state index contributed by atoms with van der Waals surface area (Å²) in [5, 5.41) is 3.48. The summed E-state index contributed by atoms with van der Waals surface area (Å²) in [6, 6.07) is 0.703. The number of nitrogens with zero attached hydrogens (tertiary/aromatic N) is 1. The molecule has 0 radical (unpaired) electrons. The van der Waals surface area contributed by atoms with Crippen LogP contribution in [0.2, 0.25) is 0 Å². The highest BCUT2D eigenvalue weighted by molar-refractivity contribution is 4.89. The average Bonchev–Trinajstić information content (AvgIpc) is 2.03. The fraction of sp³-hybridized carbons (Fsp3) is 1.00. The Morgan fingerprint density at radius 2 is 1.92 bits per heavy atom. The second-order valence-electron chi connectivity index (χ2n) is 5.38. The van der Waals surface area contributed by atoms with Crippen LogP contribution in [0.4, 0.5) is 0 Å². The van der Waals surface area contributed by atoms with Gasteiger partial charge in [0.15, 0.2) is 0 Å². The van der Waals surface area contributed by atoms with Crippen molar-refractivity contribution in [3.05, 3.63) is 0 Å². The molecule has 1 rings (SSSR count). The first-order chi connectivity index (χ1) is 5.93. The molecule has 2 heteroatoms. The molecular weight excluding hydrogens is 160 g/mol. The lowest BCUT2D eigenvalue weighted by molar-refractivity contribution is 0.0378. The normalized spacial score (nSPS) is 26.8. The Bertz CT molecular complexity index is 158. The van der Waals surface area contributed by atoms with E-state index in [4.69, 9.17) is 0 Å². The zero-order valence-electron chi connectivity index (χ0n) is 9.72. The van der Waals surface area contributed by atoms with Gasteiger partial charge >= 0.3 is 0 Å². The van der Waals surface area contributed by atoms with Crippen LogP contribution in [0.3, 0.4) is 0 Å². The van der Waals surface area contributed by atoms with E-state index in [0.29, 0.717) is 11.6 Å². The van der Waals surface area contributed by atoms with Gasteiger partial charge in [-0.3, -0.25) is 4.90 Å². The fourth-order valence-electron chi connectivity index (χ4n) is 2.15. The Labute approximate surface area is 82.7 Å². The highest BCUT2D eigenvalue weighted by Gasteiger charge is 2.32. The van der Waals surface area contributed by atoms with Crippen LogP contribution in [-0.2, 0) is 0 Å². The third kappa shape index (κ3) is 2.68. The lowest BCUT2D eigenvalue weighted by Crippen LogP contribution is -2.59.